The second-order valence-electron chi connectivity index (χ2n) is 7.87. The molecular formula is C24H22FN3O3S2. The standard InChI is InChI=1S/C24H22FN3O3S2/c25-17-5-7-18(8-6-17)27-11-9-26(10-12-27)16-28-14-19(33-24(28)32)15-30-22-13-23(29)31-21-4-2-1-3-20(21)22/h1-8,13-14H,9-12,15-16H2. The minimum Gasteiger partial charge on any atom is -0.487 e. The molecule has 0 aliphatic carbocycles. The molecule has 1 aliphatic heterocycles. The lowest BCUT2D eigenvalue weighted by atomic mass is 10.2. The highest BCUT2D eigenvalue weighted by molar-refractivity contribution is 7.73. The van der Waals surface area contributed by atoms with Crippen LogP contribution in [0.25, 0.3) is 11.0 Å². The largest absolute Gasteiger partial charge is 0.487 e. The zero-order valence-electron chi connectivity index (χ0n) is 17.8. The maximum atomic E-state index is 13.2. The number of anilines is 1. The van der Waals surface area contributed by atoms with Crippen LogP contribution in [0.2, 0.25) is 0 Å². The molecule has 33 heavy (non-hydrogen) atoms. The molecule has 3 heterocycles. The molecule has 4 aromatic rings. The van der Waals surface area contributed by atoms with Crippen molar-refractivity contribution in [2.24, 2.45) is 0 Å². The Bertz CT molecular complexity index is 1370. The summed E-state index contributed by atoms with van der Waals surface area (Å²) in [6.45, 7) is 4.59. The van der Waals surface area contributed by atoms with E-state index in [4.69, 9.17) is 21.4 Å². The summed E-state index contributed by atoms with van der Waals surface area (Å²) < 4.78 is 27.2. The Hall–Kier alpha value is -3.01. The first-order valence-electron chi connectivity index (χ1n) is 10.6. The highest BCUT2D eigenvalue weighted by Gasteiger charge is 2.18. The lowest BCUT2D eigenvalue weighted by Crippen LogP contribution is -2.46. The van der Waals surface area contributed by atoms with Crippen molar-refractivity contribution in [1.82, 2.24) is 9.47 Å². The maximum Gasteiger partial charge on any atom is 0.339 e. The smallest absolute Gasteiger partial charge is 0.339 e. The molecule has 0 bridgehead atoms. The summed E-state index contributed by atoms with van der Waals surface area (Å²) in [4.78, 5) is 17.4. The van der Waals surface area contributed by atoms with E-state index in [0.29, 0.717) is 24.6 Å². The Morgan fingerprint density at radius 2 is 1.82 bits per heavy atom. The van der Waals surface area contributed by atoms with Crippen molar-refractivity contribution in [3.05, 3.63) is 85.9 Å². The molecule has 0 N–H and O–H groups in total. The summed E-state index contributed by atoms with van der Waals surface area (Å²) in [5.74, 6) is 0.289. The number of hydrogen-bond donors (Lipinski definition) is 0. The van der Waals surface area contributed by atoms with Crippen LogP contribution in [0.15, 0.2) is 70.0 Å². The molecule has 170 valence electrons. The van der Waals surface area contributed by atoms with E-state index < -0.39 is 5.63 Å². The first-order chi connectivity index (χ1) is 16.0. The van der Waals surface area contributed by atoms with Gasteiger partial charge in [-0.1, -0.05) is 12.1 Å². The predicted molar refractivity (Wildman–Crippen MR) is 130 cm³/mol. The van der Waals surface area contributed by atoms with Crippen molar-refractivity contribution in [2.45, 2.75) is 13.3 Å². The van der Waals surface area contributed by atoms with E-state index in [1.165, 1.54) is 29.5 Å². The Morgan fingerprint density at radius 3 is 2.61 bits per heavy atom. The molecule has 0 atom stereocenters. The highest BCUT2D eigenvalue weighted by atomic mass is 32.1. The van der Waals surface area contributed by atoms with E-state index in [1.54, 1.807) is 6.07 Å². The van der Waals surface area contributed by atoms with Gasteiger partial charge in [-0.05, 0) is 48.6 Å². The lowest BCUT2D eigenvalue weighted by molar-refractivity contribution is 0.205. The molecular weight excluding hydrogens is 461 g/mol. The predicted octanol–water partition coefficient (Wildman–Crippen LogP) is 4.88. The number of hydrogen-bond acceptors (Lipinski definition) is 7. The average molecular weight is 484 g/mol. The molecule has 0 amide bonds. The van der Waals surface area contributed by atoms with Gasteiger partial charge in [0, 0.05) is 38.1 Å². The number of fused-ring (bicyclic) bond motifs is 1. The Labute approximate surface area is 199 Å². The summed E-state index contributed by atoms with van der Waals surface area (Å²) in [6, 6.07) is 15.3. The van der Waals surface area contributed by atoms with Crippen molar-refractivity contribution in [2.75, 3.05) is 31.1 Å². The van der Waals surface area contributed by atoms with Crippen LogP contribution in [0.5, 0.6) is 5.75 Å². The third-order valence-electron chi connectivity index (χ3n) is 5.65. The average Bonchev–Trinajstić information content (AvgIpc) is 3.17. The molecule has 5 rings (SSSR count). The van der Waals surface area contributed by atoms with Gasteiger partial charge >= 0.3 is 5.63 Å². The van der Waals surface area contributed by atoms with Gasteiger partial charge < -0.3 is 18.6 Å². The summed E-state index contributed by atoms with van der Waals surface area (Å²) in [7, 11) is 0. The van der Waals surface area contributed by atoms with Crippen molar-refractivity contribution in [3.63, 3.8) is 0 Å². The van der Waals surface area contributed by atoms with Gasteiger partial charge in [0.1, 0.15) is 23.8 Å². The Morgan fingerprint density at radius 1 is 1.06 bits per heavy atom. The van der Waals surface area contributed by atoms with E-state index in [2.05, 4.69) is 14.4 Å². The molecule has 1 fully saturated rings. The first kappa shape index (κ1) is 21.8. The number of piperazine rings is 1. The third kappa shape index (κ3) is 5.00. The van der Waals surface area contributed by atoms with Crippen LogP contribution in [0.1, 0.15) is 4.88 Å². The molecule has 1 saturated heterocycles. The summed E-state index contributed by atoms with van der Waals surface area (Å²) in [5.41, 5.74) is 1.11. The summed E-state index contributed by atoms with van der Waals surface area (Å²) >= 11 is 7.08. The molecule has 6 nitrogen and oxygen atoms in total. The molecule has 0 spiro atoms. The fraction of sp³-hybridized carbons (Fsp3) is 0.250. The number of nitrogens with zero attached hydrogens (tertiary/aromatic N) is 3. The number of ether oxygens (including phenoxy) is 1. The minimum atomic E-state index is -0.436. The number of benzene rings is 2. The van der Waals surface area contributed by atoms with Crippen LogP contribution in [0.3, 0.4) is 0 Å². The maximum absolute atomic E-state index is 13.2. The first-order valence-corrected chi connectivity index (χ1v) is 11.9. The van der Waals surface area contributed by atoms with Crippen molar-refractivity contribution in [3.8, 4) is 5.75 Å². The number of rotatable bonds is 6. The van der Waals surface area contributed by atoms with Gasteiger partial charge in [-0.3, -0.25) is 4.90 Å². The van der Waals surface area contributed by atoms with Gasteiger partial charge in [0.2, 0.25) is 0 Å². The monoisotopic (exact) mass is 483 g/mol. The second-order valence-corrected chi connectivity index (χ2v) is 9.63. The molecule has 0 radical (unpaired) electrons. The van der Waals surface area contributed by atoms with E-state index >= 15 is 0 Å². The van der Waals surface area contributed by atoms with E-state index in [-0.39, 0.29) is 5.82 Å². The van der Waals surface area contributed by atoms with Gasteiger partial charge in [0.05, 0.1) is 23.0 Å². The Balaban J connectivity index is 1.21. The number of para-hydroxylation sites is 1. The number of aromatic nitrogens is 1. The molecule has 2 aromatic carbocycles. The van der Waals surface area contributed by atoms with Crippen LogP contribution < -0.4 is 15.3 Å². The van der Waals surface area contributed by atoms with Crippen LogP contribution in [0.4, 0.5) is 10.1 Å². The lowest BCUT2D eigenvalue weighted by Gasteiger charge is -2.36. The second kappa shape index (κ2) is 9.46. The fourth-order valence-corrected chi connectivity index (χ4v) is 5.14. The molecule has 9 heteroatoms. The van der Waals surface area contributed by atoms with Crippen LogP contribution >= 0.6 is 23.6 Å². The Kier molecular flexibility index (Phi) is 6.26. The minimum absolute atomic E-state index is 0.215. The van der Waals surface area contributed by atoms with Crippen LogP contribution in [-0.2, 0) is 13.3 Å². The molecule has 0 saturated carbocycles. The van der Waals surface area contributed by atoms with Gasteiger partial charge in [-0.15, -0.1) is 11.3 Å². The van der Waals surface area contributed by atoms with E-state index in [9.17, 15) is 9.18 Å². The van der Waals surface area contributed by atoms with Crippen LogP contribution in [-0.4, -0.2) is 35.6 Å². The highest BCUT2D eigenvalue weighted by Crippen LogP contribution is 2.25. The normalized spacial score (nSPS) is 14.6. The fourth-order valence-electron chi connectivity index (χ4n) is 3.95. The van der Waals surface area contributed by atoms with Crippen molar-refractivity contribution < 1.29 is 13.5 Å². The van der Waals surface area contributed by atoms with Crippen molar-refractivity contribution in [1.29, 1.82) is 0 Å². The van der Waals surface area contributed by atoms with Crippen LogP contribution in [0, 0.1) is 9.77 Å². The van der Waals surface area contributed by atoms with Gasteiger partial charge in [0.15, 0.2) is 3.95 Å². The zero-order chi connectivity index (χ0) is 22.8. The SMILES string of the molecule is O=c1cc(OCc2cn(CN3CCN(c4ccc(F)cc4)CC3)c(=S)s2)c2ccccc2o1. The molecule has 2 aromatic heterocycles. The quantitative estimate of drug-likeness (QED) is 0.288. The van der Waals surface area contributed by atoms with E-state index in [1.807, 2.05) is 36.5 Å². The van der Waals surface area contributed by atoms with Gasteiger partial charge in [-0.2, -0.15) is 0 Å². The zero-order valence-corrected chi connectivity index (χ0v) is 19.4. The van der Waals surface area contributed by atoms with Gasteiger partial charge in [-0.25, -0.2) is 9.18 Å². The van der Waals surface area contributed by atoms with Crippen molar-refractivity contribution >= 4 is 40.2 Å². The topological polar surface area (TPSA) is 50.9 Å². The summed E-state index contributed by atoms with van der Waals surface area (Å²) in [6.07, 6.45) is 2.02. The number of halogens is 1. The van der Waals surface area contributed by atoms with E-state index in [0.717, 1.165) is 46.1 Å². The summed E-state index contributed by atoms with van der Waals surface area (Å²) in [5, 5.41) is 0.763. The molecule has 0 unspecified atom stereocenters. The van der Waals surface area contributed by atoms with Gasteiger partial charge in [0.25, 0.3) is 0 Å². The third-order valence-corrected chi connectivity index (χ3v) is 7.03. The number of thiazole rings is 1. The molecule has 1 aliphatic rings.